The summed E-state index contributed by atoms with van der Waals surface area (Å²) in [6, 6.07) is 1.36. The van der Waals surface area contributed by atoms with Gasteiger partial charge in [0.2, 0.25) is 4.73 Å². The quantitative estimate of drug-likeness (QED) is 0.707. The first kappa shape index (κ1) is 14.4. The number of benzene rings is 1. The first-order valence-corrected chi connectivity index (χ1v) is 6.68. The van der Waals surface area contributed by atoms with Gasteiger partial charge in [-0.25, -0.2) is 18.4 Å². The molecule has 0 saturated heterocycles. The standard InChI is InChI=1S/C12H7BrF5N3/c13-11-19-10-8(15)4-9(21(10)20-11)5-1-6(12(16,17)18)3-7(14)2-5/h1-3,8-9H,4H2. The van der Waals surface area contributed by atoms with Crippen LogP contribution in [0.2, 0.25) is 0 Å². The van der Waals surface area contributed by atoms with Crippen LogP contribution in [0, 0.1) is 5.82 Å². The van der Waals surface area contributed by atoms with Gasteiger partial charge in [0.25, 0.3) is 0 Å². The topological polar surface area (TPSA) is 30.7 Å². The summed E-state index contributed by atoms with van der Waals surface area (Å²) >= 11 is 2.98. The van der Waals surface area contributed by atoms with Gasteiger partial charge in [0.15, 0.2) is 12.0 Å². The second-order valence-electron chi connectivity index (χ2n) is 4.67. The van der Waals surface area contributed by atoms with Gasteiger partial charge in [-0.1, -0.05) is 0 Å². The molecular weight excluding hydrogens is 361 g/mol. The Kier molecular flexibility index (Phi) is 3.27. The number of aromatic nitrogens is 3. The lowest BCUT2D eigenvalue weighted by Crippen LogP contribution is -2.11. The van der Waals surface area contributed by atoms with Crippen LogP contribution in [0.4, 0.5) is 22.0 Å². The minimum Gasteiger partial charge on any atom is -0.239 e. The molecular formula is C12H7BrF5N3. The third-order valence-corrected chi connectivity index (χ3v) is 3.61. The third kappa shape index (κ3) is 2.54. The fourth-order valence-corrected chi connectivity index (χ4v) is 2.75. The highest BCUT2D eigenvalue weighted by Crippen LogP contribution is 2.41. The van der Waals surface area contributed by atoms with Gasteiger partial charge in [-0.15, -0.1) is 5.10 Å². The molecule has 1 aliphatic rings. The van der Waals surface area contributed by atoms with Crippen LogP contribution in [0.1, 0.15) is 35.6 Å². The highest BCUT2D eigenvalue weighted by Gasteiger charge is 2.37. The van der Waals surface area contributed by atoms with E-state index in [2.05, 4.69) is 26.0 Å². The van der Waals surface area contributed by atoms with Gasteiger partial charge in [0, 0.05) is 6.42 Å². The van der Waals surface area contributed by atoms with Crippen LogP contribution in [-0.4, -0.2) is 14.8 Å². The van der Waals surface area contributed by atoms with E-state index in [-0.39, 0.29) is 22.5 Å². The zero-order chi connectivity index (χ0) is 15.4. The van der Waals surface area contributed by atoms with Gasteiger partial charge in [0.05, 0.1) is 11.6 Å². The SMILES string of the molecule is Fc1cc(C2CC(F)c3nc(Br)nn32)cc(C(F)(F)F)c1. The van der Waals surface area contributed by atoms with E-state index in [1.807, 2.05) is 0 Å². The van der Waals surface area contributed by atoms with Gasteiger partial charge in [0.1, 0.15) is 5.82 Å². The summed E-state index contributed by atoms with van der Waals surface area (Å²) in [6.45, 7) is 0. The lowest BCUT2D eigenvalue weighted by atomic mass is 10.0. The molecule has 9 heteroatoms. The van der Waals surface area contributed by atoms with Crippen molar-refractivity contribution in [1.29, 1.82) is 0 Å². The predicted molar refractivity (Wildman–Crippen MR) is 65.7 cm³/mol. The molecule has 0 N–H and O–H groups in total. The Labute approximate surface area is 123 Å². The molecule has 21 heavy (non-hydrogen) atoms. The molecule has 2 atom stereocenters. The van der Waals surface area contributed by atoms with Gasteiger partial charge in [-0.3, -0.25) is 0 Å². The summed E-state index contributed by atoms with van der Waals surface area (Å²) in [6.07, 6.45) is -6.24. The Hall–Kier alpha value is -1.51. The maximum atomic E-state index is 13.8. The second kappa shape index (κ2) is 4.75. The summed E-state index contributed by atoms with van der Waals surface area (Å²) in [4.78, 5) is 3.82. The molecule has 1 aromatic carbocycles. The van der Waals surface area contributed by atoms with E-state index in [0.717, 1.165) is 12.1 Å². The van der Waals surface area contributed by atoms with E-state index in [1.165, 1.54) is 4.68 Å². The van der Waals surface area contributed by atoms with Crippen molar-refractivity contribution >= 4 is 15.9 Å². The van der Waals surface area contributed by atoms with Crippen molar-refractivity contribution in [1.82, 2.24) is 14.8 Å². The summed E-state index contributed by atoms with van der Waals surface area (Å²) in [5.41, 5.74) is -1.10. The van der Waals surface area contributed by atoms with Crippen molar-refractivity contribution in [2.24, 2.45) is 0 Å². The highest BCUT2D eigenvalue weighted by molar-refractivity contribution is 9.10. The Balaban J connectivity index is 2.08. The number of alkyl halides is 4. The monoisotopic (exact) mass is 367 g/mol. The summed E-state index contributed by atoms with van der Waals surface area (Å²) in [5, 5.41) is 3.90. The minimum absolute atomic E-state index is 0.0149. The molecule has 112 valence electrons. The number of fused-ring (bicyclic) bond motifs is 1. The lowest BCUT2D eigenvalue weighted by Gasteiger charge is -2.15. The maximum Gasteiger partial charge on any atom is 0.416 e. The van der Waals surface area contributed by atoms with Crippen LogP contribution < -0.4 is 0 Å². The first-order chi connectivity index (χ1) is 9.75. The summed E-state index contributed by atoms with van der Waals surface area (Å²) in [5.74, 6) is -1.01. The predicted octanol–water partition coefficient (Wildman–Crippen LogP) is 4.20. The number of nitrogens with zero attached hydrogens (tertiary/aromatic N) is 3. The molecule has 0 spiro atoms. The van der Waals surface area contributed by atoms with E-state index in [0.29, 0.717) is 6.07 Å². The van der Waals surface area contributed by atoms with E-state index in [1.54, 1.807) is 0 Å². The summed E-state index contributed by atoms with van der Waals surface area (Å²) < 4.78 is 66.8. The van der Waals surface area contributed by atoms with Crippen LogP contribution in [0.5, 0.6) is 0 Å². The molecule has 3 rings (SSSR count). The van der Waals surface area contributed by atoms with E-state index in [4.69, 9.17) is 0 Å². The first-order valence-electron chi connectivity index (χ1n) is 5.89. The highest BCUT2D eigenvalue weighted by atomic mass is 79.9. The van der Waals surface area contributed by atoms with Crippen LogP contribution >= 0.6 is 15.9 Å². The normalized spacial score (nSPS) is 21.6. The third-order valence-electron chi connectivity index (χ3n) is 3.27. The Morgan fingerprint density at radius 2 is 1.95 bits per heavy atom. The molecule has 0 radical (unpaired) electrons. The molecule has 0 bridgehead atoms. The average molecular weight is 368 g/mol. The van der Waals surface area contributed by atoms with Crippen molar-refractivity contribution in [3.05, 3.63) is 45.7 Å². The Bertz CT molecular complexity index is 697. The molecule has 2 aromatic rings. The van der Waals surface area contributed by atoms with Crippen LogP contribution in [0.3, 0.4) is 0 Å². The van der Waals surface area contributed by atoms with Gasteiger partial charge in [-0.2, -0.15) is 13.2 Å². The van der Waals surface area contributed by atoms with Gasteiger partial charge >= 0.3 is 6.18 Å². The fraction of sp³-hybridized carbons (Fsp3) is 0.333. The molecule has 0 saturated carbocycles. The molecule has 1 aliphatic heterocycles. The average Bonchev–Trinajstić information content (AvgIpc) is 2.87. The summed E-state index contributed by atoms with van der Waals surface area (Å²) in [7, 11) is 0. The van der Waals surface area contributed by atoms with Crippen LogP contribution in [0.25, 0.3) is 0 Å². The number of hydrogen-bond donors (Lipinski definition) is 0. The molecule has 0 amide bonds. The molecule has 1 aromatic heterocycles. The van der Waals surface area contributed by atoms with E-state index < -0.39 is 29.8 Å². The number of hydrogen-bond acceptors (Lipinski definition) is 2. The van der Waals surface area contributed by atoms with Crippen molar-refractivity contribution in [3.63, 3.8) is 0 Å². The van der Waals surface area contributed by atoms with Gasteiger partial charge in [-0.05, 0) is 39.7 Å². The van der Waals surface area contributed by atoms with Crippen molar-refractivity contribution in [2.75, 3.05) is 0 Å². The largest absolute Gasteiger partial charge is 0.416 e. The Morgan fingerprint density at radius 1 is 1.24 bits per heavy atom. The van der Waals surface area contributed by atoms with Crippen LogP contribution in [0.15, 0.2) is 22.9 Å². The zero-order valence-corrected chi connectivity index (χ0v) is 11.8. The number of halogens is 6. The van der Waals surface area contributed by atoms with Crippen LogP contribution in [-0.2, 0) is 6.18 Å². The fourth-order valence-electron chi connectivity index (χ4n) is 2.40. The molecule has 0 fully saturated rings. The maximum absolute atomic E-state index is 13.8. The molecule has 2 heterocycles. The zero-order valence-electron chi connectivity index (χ0n) is 10.2. The van der Waals surface area contributed by atoms with Crippen molar-refractivity contribution in [2.45, 2.75) is 24.8 Å². The van der Waals surface area contributed by atoms with Crippen molar-refractivity contribution < 1.29 is 22.0 Å². The minimum atomic E-state index is -4.67. The molecule has 0 aliphatic carbocycles. The molecule has 2 unspecified atom stereocenters. The molecule has 3 nitrogen and oxygen atoms in total. The van der Waals surface area contributed by atoms with E-state index in [9.17, 15) is 22.0 Å². The van der Waals surface area contributed by atoms with E-state index >= 15 is 0 Å². The second-order valence-corrected chi connectivity index (χ2v) is 5.38. The van der Waals surface area contributed by atoms with Gasteiger partial charge < -0.3 is 0 Å². The lowest BCUT2D eigenvalue weighted by molar-refractivity contribution is -0.137. The smallest absolute Gasteiger partial charge is 0.239 e. The Morgan fingerprint density at radius 3 is 2.62 bits per heavy atom. The van der Waals surface area contributed by atoms with Crippen molar-refractivity contribution in [3.8, 4) is 0 Å². The number of rotatable bonds is 1.